The Morgan fingerprint density at radius 1 is 0.600 bits per heavy atom. The summed E-state index contributed by atoms with van der Waals surface area (Å²) < 4.78 is 23.4. The van der Waals surface area contributed by atoms with Gasteiger partial charge in [-0.15, -0.1) is 0 Å². The van der Waals surface area contributed by atoms with E-state index in [2.05, 4.69) is 0 Å². The summed E-state index contributed by atoms with van der Waals surface area (Å²) in [7, 11) is 0. The molecule has 0 N–H and O–H groups in total. The molecule has 0 aliphatic carbocycles. The molecule has 0 unspecified atom stereocenters. The van der Waals surface area contributed by atoms with Gasteiger partial charge in [0.2, 0.25) is 0 Å². The molecule has 0 aromatic heterocycles. The van der Waals surface area contributed by atoms with Crippen LogP contribution in [0.4, 0.5) is 0 Å². The third kappa shape index (κ3) is 7.96. The fourth-order valence-corrected chi connectivity index (χ4v) is 3.23. The first kappa shape index (κ1) is 19.8. The van der Waals surface area contributed by atoms with E-state index < -0.39 is 24.1 Å². The van der Waals surface area contributed by atoms with Crippen LogP contribution < -0.4 is 15.1 Å². The van der Waals surface area contributed by atoms with Crippen molar-refractivity contribution in [2.75, 3.05) is 0 Å². The number of hydrogen-bond acceptors (Lipinski definition) is 4. The molecule has 0 bridgehead atoms. The maximum absolute atomic E-state index is 5.85. The molecule has 4 nitrogen and oxygen atoms in total. The summed E-state index contributed by atoms with van der Waals surface area (Å²) in [6.07, 6.45) is 0. The van der Waals surface area contributed by atoms with Crippen LogP contribution in [0.1, 0.15) is 41.5 Å². The summed E-state index contributed by atoms with van der Waals surface area (Å²) in [5, 5.41) is 0. The monoisotopic (exact) mass is 420 g/mol. The van der Waals surface area contributed by atoms with E-state index in [1.807, 2.05) is 90.1 Å². The van der Waals surface area contributed by atoms with Gasteiger partial charge in [0.05, 0.1) is 0 Å². The van der Waals surface area contributed by atoms with Gasteiger partial charge < -0.3 is 0 Å². The summed E-state index contributed by atoms with van der Waals surface area (Å²) in [4.78, 5) is 0. The predicted molar refractivity (Wildman–Crippen MR) is 94.9 cm³/mol. The summed E-state index contributed by atoms with van der Waals surface area (Å²) in [6, 6.07) is 15.3. The molecule has 5 heteroatoms. The van der Waals surface area contributed by atoms with Crippen LogP contribution in [0.15, 0.2) is 48.5 Å². The van der Waals surface area contributed by atoms with Crippen molar-refractivity contribution in [2.24, 2.45) is 0 Å². The van der Waals surface area contributed by atoms with E-state index in [9.17, 15) is 0 Å². The molecule has 0 spiro atoms. The van der Waals surface area contributed by atoms with Crippen LogP contribution in [-0.2, 0) is 24.1 Å². The Kier molecular flexibility index (Phi) is 6.56. The number of rotatable bonds is 6. The van der Waals surface area contributed by atoms with Gasteiger partial charge in [-0.3, -0.25) is 0 Å². The Morgan fingerprint density at radius 2 is 0.960 bits per heavy atom. The van der Waals surface area contributed by atoms with E-state index in [1.165, 1.54) is 0 Å². The number of ether oxygens (including phenoxy) is 2. The van der Waals surface area contributed by atoms with Gasteiger partial charge in [-0.2, -0.15) is 0 Å². The number of benzene rings is 2. The second-order valence-corrected chi connectivity index (χ2v) is 9.08. The average molecular weight is 422 g/mol. The first-order valence-corrected chi connectivity index (χ1v) is 10.3. The van der Waals surface area contributed by atoms with Crippen molar-refractivity contribution < 1.29 is 39.2 Å². The second-order valence-electron chi connectivity index (χ2n) is 7.67. The van der Waals surface area contributed by atoms with Crippen LogP contribution in [-0.4, -0.2) is 11.2 Å². The van der Waals surface area contributed by atoms with Crippen LogP contribution in [0.2, 0.25) is 0 Å². The molecule has 2 rings (SSSR count). The first-order valence-electron chi connectivity index (χ1n) is 8.28. The quantitative estimate of drug-likeness (QED) is 0.625. The Bertz CT molecular complexity index is 627. The second kappa shape index (κ2) is 8.27. The average Bonchev–Trinajstić information content (AvgIpc) is 2.44. The Balaban J connectivity index is 1.91. The van der Waals surface area contributed by atoms with Crippen molar-refractivity contribution in [2.45, 2.75) is 52.7 Å². The molecular formula is C20H26O4Zr. The van der Waals surface area contributed by atoms with Gasteiger partial charge in [-0.25, -0.2) is 0 Å². The van der Waals surface area contributed by atoms with Gasteiger partial charge in [0.25, 0.3) is 0 Å². The molecule has 0 heterocycles. The van der Waals surface area contributed by atoms with Crippen LogP contribution >= 0.6 is 0 Å². The molecule has 25 heavy (non-hydrogen) atoms. The van der Waals surface area contributed by atoms with E-state index in [0.717, 1.165) is 23.0 Å². The van der Waals surface area contributed by atoms with Crippen LogP contribution in [0.3, 0.4) is 0 Å². The Morgan fingerprint density at radius 3 is 1.32 bits per heavy atom. The molecule has 0 fully saturated rings. The van der Waals surface area contributed by atoms with E-state index in [-0.39, 0.29) is 11.2 Å². The summed E-state index contributed by atoms with van der Waals surface area (Å²) in [5.41, 5.74) is -0.467. The minimum atomic E-state index is -1.51. The fraction of sp³-hybridized carbons (Fsp3) is 0.400. The third-order valence-electron chi connectivity index (χ3n) is 2.78. The predicted octanol–water partition coefficient (Wildman–Crippen LogP) is 5.41. The molecule has 0 saturated carbocycles. The zero-order valence-corrected chi connectivity index (χ0v) is 18.2. The van der Waals surface area contributed by atoms with Crippen molar-refractivity contribution in [3.63, 3.8) is 0 Å². The van der Waals surface area contributed by atoms with E-state index in [4.69, 9.17) is 15.1 Å². The molecule has 0 aliphatic rings. The van der Waals surface area contributed by atoms with Crippen LogP contribution in [0.25, 0.3) is 0 Å². The SMILES string of the molecule is CC(C)(C)Oc1cccc([O][Zr][O]c2cccc(OC(C)(C)C)c2)c1. The van der Waals surface area contributed by atoms with Crippen molar-refractivity contribution >= 4 is 0 Å². The molecule has 0 radical (unpaired) electrons. The van der Waals surface area contributed by atoms with Crippen molar-refractivity contribution in [1.29, 1.82) is 0 Å². The topological polar surface area (TPSA) is 36.9 Å². The van der Waals surface area contributed by atoms with E-state index in [0.29, 0.717) is 0 Å². The normalized spacial score (nSPS) is 11.6. The van der Waals surface area contributed by atoms with Gasteiger partial charge in [0.15, 0.2) is 0 Å². The van der Waals surface area contributed by atoms with Gasteiger partial charge >= 0.3 is 163 Å². The van der Waals surface area contributed by atoms with Gasteiger partial charge in [-0.1, -0.05) is 0 Å². The van der Waals surface area contributed by atoms with E-state index >= 15 is 0 Å². The standard InChI is InChI=1S/2C10H14O2.Zr/c2*1-10(2,3)12-9-6-4-5-8(11)7-9;/h2*4-7,11H,1-3H3;/q;;+2/p-2. The van der Waals surface area contributed by atoms with Gasteiger partial charge in [0.1, 0.15) is 0 Å². The molecular weight excluding hydrogens is 395 g/mol. The Labute approximate surface area is 163 Å². The Hall–Kier alpha value is -1.48. The third-order valence-corrected chi connectivity index (χ3v) is 4.35. The summed E-state index contributed by atoms with van der Waals surface area (Å²) in [6.45, 7) is 12.1. The molecule has 0 aliphatic heterocycles. The first-order chi connectivity index (χ1) is 11.6. The molecule has 2 aromatic carbocycles. The molecule has 2 aromatic rings. The van der Waals surface area contributed by atoms with Crippen molar-refractivity contribution in [3.05, 3.63) is 48.5 Å². The zero-order valence-electron chi connectivity index (χ0n) is 15.8. The summed E-state index contributed by atoms with van der Waals surface area (Å²) >= 11 is -1.51. The molecule has 0 amide bonds. The zero-order chi connectivity index (χ0) is 18.5. The number of hydrogen-bond donors (Lipinski definition) is 0. The van der Waals surface area contributed by atoms with Gasteiger partial charge in [0, 0.05) is 0 Å². The summed E-state index contributed by atoms with van der Waals surface area (Å²) in [5.74, 6) is 3.14. The van der Waals surface area contributed by atoms with E-state index in [1.54, 1.807) is 0 Å². The van der Waals surface area contributed by atoms with Gasteiger partial charge in [-0.05, 0) is 0 Å². The van der Waals surface area contributed by atoms with Crippen molar-refractivity contribution in [1.82, 2.24) is 0 Å². The van der Waals surface area contributed by atoms with Crippen LogP contribution in [0, 0.1) is 0 Å². The maximum atomic E-state index is 5.85. The van der Waals surface area contributed by atoms with Crippen LogP contribution in [0.5, 0.6) is 23.0 Å². The molecule has 0 atom stereocenters. The molecule has 134 valence electrons. The molecule has 0 saturated heterocycles. The minimum absolute atomic E-state index is 0.234. The fourth-order valence-electron chi connectivity index (χ4n) is 2.03. The van der Waals surface area contributed by atoms with Crippen molar-refractivity contribution in [3.8, 4) is 23.0 Å².